The molecule has 0 radical (unpaired) electrons. The van der Waals surface area contributed by atoms with E-state index in [0.29, 0.717) is 13.0 Å². The number of furan rings is 1. The summed E-state index contributed by atoms with van der Waals surface area (Å²) in [5, 5.41) is 0. The number of hydrogen-bond acceptors (Lipinski definition) is 5. The second kappa shape index (κ2) is 6.07. The van der Waals surface area contributed by atoms with Crippen LogP contribution in [0, 0.1) is 0 Å². The van der Waals surface area contributed by atoms with E-state index in [-0.39, 0.29) is 18.0 Å². The number of rotatable bonds is 4. The quantitative estimate of drug-likeness (QED) is 0.885. The normalized spacial score (nSPS) is 21.4. The number of likely N-dealkylation sites (N-methyl/N-ethyl adjacent to an activating group) is 1. The van der Waals surface area contributed by atoms with Crippen molar-refractivity contribution in [2.75, 3.05) is 7.05 Å². The maximum atomic E-state index is 12.4. The van der Waals surface area contributed by atoms with Gasteiger partial charge in [0.1, 0.15) is 11.8 Å². The van der Waals surface area contributed by atoms with Crippen LogP contribution in [0.25, 0.3) is 0 Å². The Morgan fingerprint density at radius 1 is 1.43 bits per heavy atom. The number of hydrogen-bond donors (Lipinski definition) is 2. The number of nitrogens with zero attached hydrogens (tertiary/aromatic N) is 2. The summed E-state index contributed by atoms with van der Waals surface area (Å²) in [6.07, 6.45) is 5.81. The third kappa shape index (κ3) is 3.12. The molecule has 2 aromatic heterocycles. The summed E-state index contributed by atoms with van der Waals surface area (Å²) in [7, 11) is 1.80. The highest BCUT2D eigenvalue weighted by Gasteiger charge is 2.33. The Labute approximate surface area is 123 Å². The van der Waals surface area contributed by atoms with Gasteiger partial charge < -0.3 is 9.32 Å². The van der Waals surface area contributed by atoms with Crippen LogP contribution in [0.2, 0.25) is 0 Å². The van der Waals surface area contributed by atoms with E-state index in [9.17, 15) is 4.79 Å². The molecule has 2 aromatic rings. The second-order valence-corrected chi connectivity index (χ2v) is 5.20. The third-order valence-corrected chi connectivity index (χ3v) is 3.61. The first kappa shape index (κ1) is 13.8. The third-order valence-electron chi connectivity index (χ3n) is 3.61. The van der Waals surface area contributed by atoms with E-state index in [1.54, 1.807) is 30.6 Å². The standard InChI is InChI=1S/C15H18N4O2/c1-19(10-11-4-2-6-16-9-11)15(20)13-8-12(17-18-13)14-5-3-7-21-14/h2-7,9,12-13,17-18H,8,10H2,1H3. The monoisotopic (exact) mass is 286 g/mol. The Morgan fingerprint density at radius 3 is 3.05 bits per heavy atom. The Morgan fingerprint density at radius 2 is 2.33 bits per heavy atom. The molecule has 3 heterocycles. The SMILES string of the molecule is CN(Cc1cccnc1)C(=O)C1CC(c2ccco2)NN1. The summed E-state index contributed by atoms with van der Waals surface area (Å²) in [5.41, 5.74) is 7.17. The lowest BCUT2D eigenvalue weighted by Crippen LogP contribution is -2.43. The highest BCUT2D eigenvalue weighted by atomic mass is 16.3. The molecule has 0 saturated carbocycles. The summed E-state index contributed by atoms with van der Waals surface area (Å²) in [5.74, 6) is 0.896. The number of nitrogens with one attached hydrogen (secondary N) is 2. The molecule has 0 aliphatic carbocycles. The van der Waals surface area contributed by atoms with Crippen molar-refractivity contribution in [2.24, 2.45) is 0 Å². The molecule has 1 aliphatic rings. The van der Waals surface area contributed by atoms with Crippen molar-refractivity contribution in [3.05, 3.63) is 54.2 Å². The molecule has 110 valence electrons. The van der Waals surface area contributed by atoms with Crippen LogP contribution < -0.4 is 10.9 Å². The maximum absolute atomic E-state index is 12.4. The lowest BCUT2D eigenvalue weighted by molar-refractivity contribution is -0.132. The Hall–Kier alpha value is -2.18. The number of carbonyl (C=O) groups is 1. The van der Waals surface area contributed by atoms with E-state index < -0.39 is 0 Å². The first-order valence-corrected chi connectivity index (χ1v) is 6.92. The number of pyridine rings is 1. The number of carbonyl (C=O) groups excluding carboxylic acids is 1. The van der Waals surface area contributed by atoms with Gasteiger partial charge in [0.15, 0.2) is 0 Å². The topological polar surface area (TPSA) is 70.4 Å². The lowest BCUT2D eigenvalue weighted by atomic mass is 10.1. The van der Waals surface area contributed by atoms with Crippen LogP contribution in [-0.2, 0) is 11.3 Å². The first-order chi connectivity index (χ1) is 10.2. The summed E-state index contributed by atoms with van der Waals surface area (Å²) >= 11 is 0. The molecule has 1 saturated heterocycles. The zero-order chi connectivity index (χ0) is 14.7. The van der Waals surface area contributed by atoms with Crippen molar-refractivity contribution in [3.8, 4) is 0 Å². The molecular weight excluding hydrogens is 268 g/mol. The molecule has 1 aliphatic heterocycles. The summed E-state index contributed by atoms with van der Waals surface area (Å²) in [6, 6.07) is 7.37. The van der Waals surface area contributed by atoms with Gasteiger partial charge in [-0.1, -0.05) is 6.07 Å². The average molecular weight is 286 g/mol. The van der Waals surface area contributed by atoms with Gasteiger partial charge in [-0.3, -0.25) is 9.78 Å². The summed E-state index contributed by atoms with van der Waals surface area (Å²) in [6.45, 7) is 0.552. The van der Waals surface area contributed by atoms with Gasteiger partial charge in [-0.25, -0.2) is 10.9 Å². The molecule has 1 fully saturated rings. The van der Waals surface area contributed by atoms with Gasteiger partial charge in [-0.05, 0) is 30.2 Å². The zero-order valence-electron chi connectivity index (χ0n) is 11.8. The first-order valence-electron chi connectivity index (χ1n) is 6.92. The van der Waals surface area contributed by atoms with Crippen molar-refractivity contribution < 1.29 is 9.21 Å². The fourth-order valence-electron chi connectivity index (χ4n) is 2.50. The lowest BCUT2D eigenvalue weighted by Gasteiger charge is -2.20. The van der Waals surface area contributed by atoms with Crippen LogP contribution in [-0.4, -0.2) is 28.9 Å². The average Bonchev–Trinajstić information content (AvgIpc) is 3.18. The van der Waals surface area contributed by atoms with Crippen molar-refractivity contribution in [1.29, 1.82) is 0 Å². The van der Waals surface area contributed by atoms with Gasteiger partial charge in [0.05, 0.1) is 12.3 Å². The van der Waals surface area contributed by atoms with Crippen LogP contribution >= 0.6 is 0 Å². The largest absolute Gasteiger partial charge is 0.468 e. The van der Waals surface area contributed by atoms with Gasteiger partial charge in [-0.15, -0.1) is 0 Å². The minimum Gasteiger partial charge on any atom is -0.468 e. The zero-order valence-corrected chi connectivity index (χ0v) is 11.8. The van der Waals surface area contributed by atoms with Crippen LogP contribution in [0.5, 0.6) is 0 Å². The molecule has 2 atom stereocenters. The molecule has 6 nitrogen and oxygen atoms in total. The predicted octanol–water partition coefficient (Wildman–Crippen LogP) is 1.24. The second-order valence-electron chi connectivity index (χ2n) is 5.20. The molecule has 2 unspecified atom stereocenters. The van der Waals surface area contributed by atoms with Crippen molar-refractivity contribution in [2.45, 2.75) is 25.0 Å². The number of amides is 1. The minimum absolute atomic E-state index is 0.0285. The highest BCUT2D eigenvalue weighted by molar-refractivity contribution is 5.82. The smallest absolute Gasteiger partial charge is 0.241 e. The Kier molecular flexibility index (Phi) is 3.98. The summed E-state index contributed by atoms with van der Waals surface area (Å²) < 4.78 is 5.37. The fourth-order valence-corrected chi connectivity index (χ4v) is 2.50. The van der Waals surface area contributed by atoms with Gasteiger partial charge in [0, 0.05) is 26.0 Å². The number of aromatic nitrogens is 1. The van der Waals surface area contributed by atoms with Crippen molar-refractivity contribution >= 4 is 5.91 Å². The van der Waals surface area contributed by atoms with Gasteiger partial charge in [0.2, 0.25) is 5.91 Å². The Bertz CT molecular complexity index is 585. The van der Waals surface area contributed by atoms with E-state index >= 15 is 0 Å². The highest BCUT2D eigenvalue weighted by Crippen LogP contribution is 2.23. The van der Waals surface area contributed by atoms with Crippen molar-refractivity contribution in [1.82, 2.24) is 20.7 Å². The molecule has 0 spiro atoms. The molecular formula is C15H18N4O2. The van der Waals surface area contributed by atoms with E-state index in [2.05, 4.69) is 15.8 Å². The van der Waals surface area contributed by atoms with Crippen molar-refractivity contribution in [3.63, 3.8) is 0 Å². The Balaban J connectivity index is 1.58. The van der Waals surface area contributed by atoms with E-state index in [4.69, 9.17) is 4.42 Å². The van der Waals surface area contributed by atoms with E-state index in [1.807, 2.05) is 24.3 Å². The molecule has 6 heteroatoms. The molecule has 0 bridgehead atoms. The van der Waals surface area contributed by atoms with Gasteiger partial charge >= 0.3 is 0 Å². The molecule has 2 N–H and O–H groups in total. The van der Waals surface area contributed by atoms with Gasteiger partial charge in [0.25, 0.3) is 0 Å². The van der Waals surface area contributed by atoms with Crippen LogP contribution in [0.3, 0.4) is 0 Å². The predicted molar refractivity (Wildman–Crippen MR) is 76.8 cm³/mol. The molecule has 21 heavy (non-hydrogen) atoms. The summed E-state index contributed by atoms with van der Waals surface area (Å²) in [4.78, 5) is 18.2. The molecule has 3 rings (SSSR count). The fraction of sp³-hybridized carbons (Fsp3) is 0.333. The van der Waals surface area contributed by atoms with Crippen LogP contribution in [0.15, 0.2) is 47.3 Å². The molecule has 0 aromatic carbocycles. The molecule has 1 amide bonds. The minimum atomic E-state index is -0.248. The van der Waals surface area contributed by atoms with Crippen LogP contribution in [0.4, 0.5) is 0 Å². The number of hydrazine groups is 1. The van der Waals surface area contributed by atoms with Crippen LogP contribution in [0.1, 0.15) is 23.8 Å². The van der Waals surface area contributed by atoms with E-state index in [1.165, 1.54) is 0 Å². The van der Waals surface area contributed by atoms with E-state index in [0.717, 1.165) is 11.3 Å². The maximum Gasteiger partial charge on any atom is 0.241 e. The van der Waals surface area contributed by atoms with Gasteiger partial charge in [-0.2, -0.15) is 0 Å².